The van der Waals surface area contributed by atoms with Gasteiger partial charge in [-0.05, 0) is 79.6 Å². The minimum absolute atomic E-state index is 0.00631. The third-order valence-corrected chi connectivity index (χ3v) is 6.34. The lowest BCUT2D eigenvalue weighted by Gasteiger charge is -2.10. The van der Waals surface area contributed by atoms with Crippen LogP contribution in [0.5, 0.6) is 0 Å². The van der Waals surface area contributed by atoms with Crippen LogP contribution in [-0.2, 0) is 10.0 Å². The molecule has 3 aromatic carbocycles. The molecule has 4 N–H and O–H groups in total. The van der Waals surface area contributed by atoms with Crippen molar-refractivity contribution < 1.29 is 13.2 Å². The minimum Gasteiger partial charge on any atom is -0.322 e. The predicted octanol–water partition coefficient (Wildman–Crippen LogP) is 3.53. The highest BCUT2D eigenvalue weighted by Gasteiger charge is 2.16. The molecule has 1 amide bonds. The molecule has 31 heavy (non-hydrogen) atoms. The number of hydrogen-bond acceptors (Lipinski definition) is 4. The number of hydrogen-bond donors (Lipinski definition) is 4. The van der Waals surface area contributed by atoms with Crippen LogP contribution >= 0.6 is 0 Å². The highest BCUT2D eigenvalue weighted by molar-refractivity contribution is 7.92. The number of aryl methyl sites for hydroxylation is 2. The maximum absolute atomic E-state index is 12.7. The molecule has 0 fully saturated rings. The van der Waals surface area contributed by atoms with Gasteiger partial charge >= 0.3 is 5.69 Å². The summed E-state index contributed by atoms with van der Waals surface area (Å²) < 4.78 is 27.8. The molecule has 0 bridgehead atoms. The second-order valence-electron chi connectivity index (χ2n) is 7.22. The molecular weight excluding hydrogens is 416 g/mol. The van der Waals surface area contributed by atoms with Crippen molar-refractivity contribution in [1.29, 1.82) is 0 Å². The Labute approximate surface area is 178 Å². The SMILES string of the molecule is Cc1ccc(NC(=O)c2ccc(NS(=O)(=O)c3ccc4[nH]c(=O)[nH]c4c3)cc2)cc1C. The van der Waals surface area contributed by atoms with Crippen LogP contribution in [0.15, 0.2) is 70.4 Å². The van der Waals surface area contributed by atoms with Crippen molar-refractivity contribution in [3.63, 3.8) is 0 Å². The van der Waals surface area contributed by atoms with Crippen LogP contribution in [0.4, 0.5) is 11.4 Å². The zero-order chi connectivity index (χ0) is 22.2. The van der Waals surface area contributed by atoms with Crippen LogP contribution in [0.2, 0.25) is 0 Å². The number of aromatic nitrogens is 2. The zero-order valence-electron chi connectivity index (χ0n) is 16.8. The first-order valence-corrected chi connectivity index (χ1v) is 10.9. The quantitative estimate of drug-likeness (QED) is 0.382. The van der Waals surface area contributed by atoms with Gasteiger partial charge in [0.05, 0.1) is 15.9 Å². The van der Waals surface area contributed by atoms with Crippen molar-refractivity contribution in [3.8, 4) is 0 Å². The van der Waals surface area contributed by atoms with E-state index in [2.05, 4.69) is 20.0 Å². The van der Waals surface area contributed by atoms with Gasteiger partial charge in [0.15, 0.2) is 0 Å². The fourth-order valence-corrected chi connectivity index (χ4v) is 4.19. The normalized spacial score (nSPS) is 11.4. The fraction of sp³-hybridized carbons (Fsp3) is 0.0909. The van der Waals surface area contributed by atoms with Gasteiger partial charge in [0.1, 0.15) is 0 Å². The summed E-state index contributed by atoms with van der Waals surface area (Å²) in [4.78, 5) is 28.9. The van der Waals surface area contributed by atoms with E-state index in [4.69, 9.17) is 0 Å². The lowest BCUT2D eigenvalue weighted by atomic mass is 10.1. The number of benzene rings is 3. The Balaban J connectivity index is 1.49. The lowest BCUT2D eigenvalue weighted by Crippen LogP contribution is -2.14. The van der Waals surface area contributed by atoms with Crippen molar-refractivity contribution in [2.24, 2.45) is 0 Å². The molecule has 0 unspecified atom stereocenters. The Morgan fingerprint density at radius 2 is 1.48 bits per heavy atom. The monoisotopic (exact) mass is 436 g/mol. The number of nitrogens with one attached hydrogen (secondary N) is 4. The largest absolute Gasteiger partial charge is 0.323 e. The Morgan fingerprint density at radius 1 is 0.806 bits per heavy atom. The minimum atomic E-state index is -3.87. The molecule has 0 atom stereocenters. The molecule has 0 radical (unpaired) electrons. The molecular formula is C22H20N4O4S. The number of rotatable bonds is 5. The second kappa shape index (κ2) is 7.77. The van der Waals surface area contributed by atoms with Crippen LogP contribution in [0, 0.1) is 13.8 Å². The average Bonchev–Trinajstić information content (AvgIpc) is 3.10. The van der Waals surface area contributed by atoms with Crippen molar-refractivity contribution >= 4 is 38.3 Å². The Hall–Kier alpha value is -3.85. The second-order valence-corrected chi connectivity index (χ2v) is 8.90. The highest BCUT2D eigenvalue weighted by atomic mass is 32.2. The summed E-state index contributed by atoms with van der Waals surface area (Å²) in [6.07, 6.45) is 0. The smallest absolute Gasteiger partial charge is 0.322 e. The van der Waals surface area contributed by atoms with Crippen LogP contribution < -0.4 is 15.7 Å². The molecule has 4 aromatic rings. The van der Waals surface area contributed by atoms with Crippen molar-refractivity contribution in [2.45, 2.75) is 18.7 Å². The first-order chi connectivity index (χ1) is 14.7. The van der Waals surface area contributed by atoms with Crippen LogP contribution in [0.1, 0.15) is 21.5 Å². The molecule has 1 aromatic heterocycles. The number of amides is 1. The van der Waals surface area contributed by atoms with Gasteiger partial charge in [0.25, 0.3) is 15.9 Å². The third kappa shape index (κ3) is 4.36. The van der Waals surface area contributed by atoms with E-state index in [1.54, 1.807) is 12.1 Å². The highest BCUT2D eigenvalue weighted by Crippen LogP contribution is 2.20. The number of aromatic amines is 2. The zero-order valence-corrected chi connectivity index (χ0v) is 17.6. The third-order valence-electron chi connectivity index (χ3n) is 4.96. The van der Waals surface area contributed by atoms with E-state index < -0.39 is 15.7 Å². The van der Waals surface area contributed by atoms with E-state index in [9.17, 15) is 18.0 Å². The summed E-state index contributed by atoms with van der Waals surface area (Å²) in [6, 6.07) is 16.1. The number of fused-ring (bicyclic) bond motifs is 1. The molecule has 0 aliphatic rings. The molecule has 9 heteroatoms. The van der Waals surface area contributed by atoms with Crippen molar-refractivity contribution in [3.05, 3.63) is 87.8 Å². The molecule has 0 saturated heterocycles. The molecule has 0 aliphatic carbocycles. The van der Waals surface area contributed by atoms with E-state index >= 15 is 0 Å². The molecule has 0 aliphatic heterocycles. The number of H-pyrrole nitrogens is 2. The number of carbonyl (C=O) groups is 1. The van der Waals surface area contributed by atoms with Crippen LogP contribution in [-0.4, -0.2) is 24.3 Å². The van der Waals surface area contributed by atoms with Gasteiger partial charge in [-0.3, -0.25) is 9.52 Å². The molecule has 4 rings (SSSR count). The standard InChI is InChI=1S/C22H20N4O4S/c1-13-3-6-17(11-14(13)2)23-21(27)15-4-7-16(8-5-15)26-31(29,30)18-9-10-19-20(12-18)25-22(28)24-19/h3-12,26H,1-2H3,(H,23,27)(H2,24,25,28). The lowest BCUT2D eigenvalue weighted by molar-refractivity contribution is 0.102. The van der Waals surface area contributed by atoms with Crippen molar-refractivity contribution in [2.75, 3.05) is 10.0 Å². The summed E-state index contributed by atoms with van der Waals surface area (Å²) in [5.74, 6) is -0.292. The maximum Gasteiger partial charge on any atom is 0.323 e. The Morgan fingerprint density at radius 3 is 2.19 bits per heavy atom. The summed E-state index contributed by atoms with van der Waals surface area (Å²) >= 11 is 0. The van der Waals surface area contributed by atoms with Gasteiger partial charge in [-0.15, -0.1) is 0 Å². The summed E-state index contributed by atoms with van der Waals surface area (Å²) in [6.45, 7) is 3.97. The summed E-state index contributed by atoms with van der Waals surface area (Å²) in [5, 5.41) is 2.83. The average molecular weight is 436 g/mol. The number of sulfonamides is 1. The predicted molar refractivity (Wildman–Crippen MR) is 120 cm³/mol. The van der Waals surface area contributed by atoms with Crippen molar-refractivity contribution in [1.82, 2.24) is 9.97 Å². The summed E-state index contributed by atoms with van der Waals surface area (Å²) in [5.41, 5.74) is 4.11. The number of imidazole rings is 1. The Kier molecular flexibility index (Phi) is 5.12. The van der Waals surface area contributed by atoms with Crippen LogP contribution in [0.3, 0.4) is 0 Å². The molecule has 158 valence electrons. The topological polar surface area (TPSA) is 124 Å². The van der Waals surface area contributed by atoms with E-state index in [-0.39, 0.29) is 10.8 Å². The van der Waals surface area contributed by atoms with Gasteiger partial charge in [0.2, 0.25) is 0 Å². The maximum atomic E-state index is 12.7. The summed E-state index contributed by atoms with van der Waals surface area (Å²) in [7, 11) is -3.87. The molecule has 1 heterocycles. The molecule has 8 nitrogen and oxygen atoms in total. The van der Waals surface area contributed by atoms with Gasteiger partial charge in [-0.1, -0.05) is 6.07 Å². The first-order valence-electron chi connectivity index (χ1n) is 9.45. The van der Waals surface area contributed by atoms with Gasteiger partial charge in [-0.25, -0.2) is 13.2 Å². The number of carbonyl (C=O) groups excluding carboxylic acids is 1. The van der Waals surface area contributed by atoms with E-state index in [1.807, 2.05) is 32.0 Å². The van der Waals surface area contributed by atoms with E-state index in [0.717, 1.165) is 11.1 Å². The van der Waals surface area contributed by atoms with Gasteiger partial charge in [0, 0.05) is 16.9 Å². The van der Waals surface area contributed by atoms with Gasteiger partial charge < -0.3 is 15.3 Å². The Bertz CT molecular complexity index is 1450. The van der Waals surface area contributed by atoms with E-state index in [1.165, 1.54) is 30.3 Å². The van der Waals surface area contributed by atoms with Gasteiger partial charge in [-0.2, -0.15) is 0 Å². The number of anilines is 2. The first kappa shape index (κ1) is 20.4. The fourth-order valence-electron chi connectivity index (χ4n) is 3.10. The molecule has 0 spiro atoms. The van der Waals surface area contributed by atoms with E-state index in [0.29, 0.717) is 28.0 Å². The van der Waals surface area contributed by atoms with Crippen LogP contribution in [0.25, 0.3) is 11.0 Å². The molecule has 0 saturated carbocycles.